The third-order valence-corrected chi connectivity index (χ3v) is 3.54. The summed E-state index contributed by atoms with van der Waals surface area (Å²) in [6.07, 6.45) is 1.10. The summed E-state index contributed by atoms with van der Waals surface area (Å²) in [7, 11) is -1.88. The maximum absolute atomic E-state index is 11.6. The van der Waals surface area contributed by atoms with E-state index in [0.29, 0.717) is 13.2 Å². The first-order chi connectivity index (χ1) is 7.59. The van der Waals surface area contributed by atoms with E-state index in [2.05, 4.69) is 5.32 Å². The molecule has 0 saturated carbocycles. The molecule has 6 nitrogen and oxygen atoms in total. The Morgan fingerprint density at radius 3 is 2.24 bits per heavy atom. The molecule has 0 atom stereocenters. The van der Waals surface area contributed by atoms with E-state index in [1.807, 2.05) is 0 Å². The van der Waals surface area contributed by atoms with Crippen LogP contribution in [0.5, 0.6) is 0 Å². The Bertz CT molecular complexity index is 346. The SMILES string of the molecule is COCCNC(=O)CN(C(C)(C)C)S(C)(=O)=O. The van der Waals surface area contributed by atoms with Gasteiger partial charge in [0.15, 0.2) is 0 Å². The lowest BCUT2D eigenvalue weighted by molar-refractivity contribution is -0.122. The van der Waals surface area contributed by atoms with Gasteiger partial charge < -0.3 is 10.1 Å². The van der Waals surface area contributed by atoms with Crippen LogP contribution in [0.25, 0.3) is 0 Å². The number of amides is 1. The quantitative estimate of drug-likeness (QED) is 0.676. The van der Waals surface area contributed by atoms with Gasteiger partial charge in [-0.2, -0.15) is 4.31 Å². The topological polar surface area (TPSA) is 75.7 Å². The maximum atomic E-state index is 11.6. The first kappa shape index (κ1) is 16.3. The highest BCUT2D eigenvalue weighted by Gasteiger charge is 2.31. The van der Waals surface area contributed by atoms with E-state index < -0.39 is 15.6 Å². The predicted molar refractivity (Wildman–Crippen MR) is 66.2 cm³/mol. The van der Waals surface area contributed by atoms with E-state index in [-0.39, 0.29) is 12.5 Å². The van der Waals surface area contributed by atoms with Crippen LogP contribution in [0, 0.1) is 0 Å². The van der Waals surface area contributed by atoms with E-state index in [9.17, 15) is 13.2 Å². The molecule has 0 aliphatic heterocycles. The van der Waals surface area contributed by atoms with Crippen molar-refractivity contribution in [3.8, 4) is 0 Å². The number of carbonyl (C=O) groups is 1. The third-order valence-electron chi connectivity index (χ3n) is 2.06. The minimum atomic E-state index is -3.41. The number of carbonyl (C=O) groups excluding carboxylic acids is 1. The average Bonchev–Trinajstić information content (AvgIpc) is 2.11. The number of hydrogen-bond donors (Lipinski definition) is 1. The summed E-state index contributed by atoms with van der Waals surface area (Å²) >= 11 is 0. The number of hydrogen-bond acceptors (Lipinski definition) is 4. The molecule has 0 aliphatic carbocycles. The van der Waals surface area contributed by atoms with Crippen molar-refractivity contribution in [3.05, 3.63) is 0 Å². The van der Waals surface area contributed by atoms with E-state index in [4.69, 9.17) is 4.74 Å². The van der Waals surface area contributed by atoms with Gasteiger partial charge in [-0.05, 0) is 20.8 Å². The van der Waals surface area contributed by atoms with Crippen molar-refractivity contribution in [1.82, 2.24) is 9.62 Å². The lowest BCUT2D eigenvalue weighted by Crippen LogP contribution is -2.50. The second kappa shape index (κ2) is 6.32. The van der Waals surface area contributed by atoms with Crippen LogP contribution in [0.2, 0.25) is 0 Å². The molecule has 1 N–H and O–H groups in total. The molecular weight excluding hydrogens is 244 g/mol. The monoisotopic (exact) mass is 266 g/mol. The standard InChI is InChI=1S/C10H22N2O4S/c1-10(2,3)12(17(5,14)15)8-9(13)11-6-7-16-4/h6-8H2,1-5H3,(H,11,13). The molecule has 102 valence electrons. The fraction of sp³-hybridized carbons (Fsp3) is 0.900. The zero-order valence-corrected chi connectivity index (χ0v) is 11.9. The van der Waals surface area contributed by atoms with Gasteiger partial charge in [-0.25, -0.2) is 8.42 Å². The van der Waals surface area contributed by atoms with Crippen LogP contribution in [0.1, 0.15) is 20.8 Å². The zero-order chi connectivity index (χ0) is 13.7. The van der Waals surface area contributed by atoms with Gasteiger partial charge in [0.1, 0.15) is 0 Å². The fourth-order valence-corrected chi connectivity index (χ4v) is 2.68. The lowest BCUT2D eigenvalue weighted by Gasteiger charge is -2.32. The van der Waals surface area contributed by atoms with Crippen LogP contribution in [-0.2, 0) is 19.6 Å². The minimum Gasteiger partial charge on any atom is -0.383 e. The molecule has 0 heterocycles. The summed E-state index contributed by atoms with van der Waals surface area (Å²) in [6.45, 7) is 5.84. The Hall–Kier alpha value is -0.660. The number of nitrogens with one attached hydrogen (secondary N) is 1. The van der Waals surface area contributed by atoms with Gasteiger partial charge in [0, 0.05) is 19.2 Å². The molecule has 0 bridgehead atoms. The molecular formula is C10H22N2O4S. The van der Waals surface area contributed by atoms with Crippen molar-refractivity contribution < 1.29 is 17.9 Å². The second-order valence-electron chi connectivity index (χ2n) is 4.78. The van der Waals surface area contributed by atoms with Crippen molar-refractivity contribution in [3.63, 3.8) is 0 Å². The van der Waals surface area contributed by atoms with E-state index in [0.717, 1.165) is 6.26 Å². The Balaban J connectivity index is 4.53. The Labute approximate surface area is 103 Å². The highest BCUT2D eigenvalue weighted by atomic mass is 32.2. The molecule has 0 fully saturated rings. The summed E-state index contributed by atoms with van der Waals surface area (Å²) in [5, 5.41) is 2.59. The van der Waals surface area contributed by atoms with Gasteiger partial charge in [-0.3, -0.25) is 4.79 Å². The molecule has 0 saturated heterocycles. The molecule has 0 aromatic heterocycles. The molecule has 0 rings (SSSR count). The van der Waals surface area contributed by atoms with Crippen LogP contribution in [0.15, 0.2) is 0 Å². The highest BCUT2D eigenvalue weighted by Crippen LogP contribution is 2.16. The number of sulfonamides is 1. The Morgan fingerprint density at radius 1 is 1.35 bits per heavy atom. The van der Waals surface area contributed by atoms with Crippen LogP contribution in [0.3, 0.4) is 0 Å². The normalized spacial score (nSPS) is 12.8. The highest BCUT2D eigenvalue weighted by molar-refractivity contribution is 7.88. The predicted octanol–water partition coefficient (Wildman–Crippen LogP) is -0.191. The molecule has 0 aliphatic rings. The molecule has 0 spiro atoms. The van der Waals surface area contributed by atoms with Crippen molar-refractivity contribution in [1.29, 1.82) is 0 Å². The Kier molecular flexibility index (Phi) is 6.08. The molecule has 1 amide bonds. The first-order valence-electron chi connectivity index (χ1n) is 5.32. The van der Waals surface area contributed by atoms with Gasteiger partial charge in [0.2, 0.25) is 15.9 Å². The summed E-state index contributed by atoms with van der Waals surface area (Å²) in [6, 6.07) is 0. The zero-order valence-electron chi connectivity index (χ0n) is 11.1. The van der Waals surface area contributed by atoms with E-state index in [1.54, 1.807) is 20.8 Å². The fourth-order valence-electron chi connectivity index (χ4n) is 1.33. The molecule has 0 radical (unpaired) electrons. The van der Waals surface area contributed by atoms with Gasteiger partial charge in [0.25, 0.3) is 0 Å². The molecule has 0 aromatic rings. The van der Waals surface area contributed by atoms with Crippen LogP contribution < -0.4 is 5.32 Å². The van der Waals surface area contributed by atoms with Crippen molar-refractivity contribution >= 4 is 15.9 Å². The molecule has 0 aromatic carbocycles. The summed E-state index contributed by atoms with van der Waals surface area (Å²) in [4.78, 5) is 11.5. The van der Waals surface area contributed by atoms with Gasteiger partial charge in [-0.15, -0.1) is 0 Å². The molecule has 0 unspecified atom stereocenters. The van der Waals surface area contributed by atoms with Crippen LogP contribution in [-0.4, -0.2) is 57.2 Å². The summed E-state index contributed by atoms with van der Waals surface area (Å²) < 4.78 is 29.1. The smallest absolute Gasteiger partial charge is 0.235 e. The number of nitrogens with zero attached hydrogens (tertiary/aromatic N) is 1. The third kappa shape index (κ3) is 6.60. The van der Waals surface area contributed by atoms with Gasteiger partial charge >= 0.3 is 0 Å². The van der Waals surface area contributed by atoms with Crippen LogP contribution in [0.4, 0.5) is 0 Å². The van der Waals surface area contributed by atoms with Gasteiger partial charge in [-0.1, -0.05) is 0 Å². The first-order valence-corrected chi connectivity index (χ1v) is 7.17. The van der Waals surface area contributed by atoms with Crippen LogP contribution >= 0.6 is 0 Å². The minimum absolute atomic E-state index is 0.175. The molecule has 7 heteroatoms. The number of rotatable bonds is 6. The lowest BCUT2D eigenvalue weighted by atomic mass is 10.1. The van der Waals surface area contributed by atoms with E-state index >= 15 is 0 Å². The van der Waals surface area contributed by atoms with Crippen molar-refractivity contribution in [2.45, 2.75) is 26.3 Å². The summed E-state index contributed by atoms with van der Waals surface area (Å²) in [5.41, 5.74) is -0.619. The maximum Gasteiger partial charge on any atom is 0.235 e. The van der Waals surface area contributed by atoms with Crippen molar-refractivity contribution in [2.75, 3.05) is 33.1 Å². The largest absolute Gasteiger partial charge is 0.383 e. The summed E-state index contributed by atoms with van der Waals surface area (Å²) in [5.74, 6) is -0.331. The average molecular weight is 266 g/mol. The van der Waals surface area contributed by atoms with Crippen molar-refractivity contribution in [2.24, 2.45) is 0 Å². The number of ether oxygens (including phenoxy) is 1. The van der Waals surface area contributed by atoms with E-state index in [1.165, 1.54) is 11.4 Å². The Morgan fingerprint density at radius 2 is 1.88 bits per heavy atom. The number of methoxy groups -OCH3 is 1. The molecule has 17 heavy (non-hydrogen) atoms. The van der Waals surface area contributed by atoms with Gasteiger partial charge in [0.05, 0.1) is 19.4 Å². The second-order valence-corrected chi connectivity index (χ2v) is 6.69.